The maximum absolute atomic E-state index is 11.4. The van der Waals surface area contributed by atoms with Crippen LogP contribution in [0.1, 0.15) is 154 Å². The molecule has 0 spiro atoms. The van der Waals surface area contributed by atoms with Gasteiger partial charge in [0.2, 0.25) is 0 Å². The van der Waals surface area contributed by atoms with Crippen molar-refractivity contribution in [2.45, 2.75) is 159 Å². The average molecular weight is 537 g/mol. The standard InChI is InChI=1S/C30H54O3S.Ca.2H/c1-2-3-4-5-6-7-8-9-10-11-12-13-14-15-16-17-18-19-20-21-22-23-26-29-27-24-25-28-30(29)34(31,32)33;;;/h24-25,27-28H,2-23,26H2,1H3,(H,31,32,33);;;. The van der Waals surface area contributed by atoms with Crippen LogP contribution in [0.15, 0.2) is 29.2 Å². The van der Waals surface area contributed by atoms with Gasteiger partial charge < -0.3 is 0 Å². The summed E-state index contributed by atoms with van der Waals surface area (Å²) in [7, 11) is -4.11. The molecule has 5 heteroatoms. The van der Waals surface area contributed by atoms with E-state index in [1.54, 1.807) is 12.1 Å². The van der Waals surface area contributed by atoms with Crippen LogP contribution in [0.2, 0.25) is 0 Å². The van der Waals surface area contributed by atoms with Gasteiger partial charge in [-0.05, 0) is 24.5 Å². The molecule has 0 aliphatic heterocycles. The molecule has 1 rings (SSSR count). The van der Waals surface area contributed by atoms with E-state index in [0.717, 1.165) is 24.8 Å². The van der Waals surface area contributed by atoms with E-state index in [4.69, 9.17) is 0 Å². The topological polar surface area (TPSA) is 54.4 Å². The van der Waals surface area contributed by atoms with Crippen LogP contribution in [0, 0.1) is 0 Å². The molecule has 0 aliphatic rings. The summed E-state index contributed by atoms with van der Waals surface area (Å²) in [6, 6.07) is 6.79. The molecule has 0 saturated carbocycles. The predicted molar refractivity (Wildman–Crippen MR) is 156 cm³/mol. The van der Waals surface area contributed by atoms with Gasteiger partial charge in [0.1, 0.15) is 0 Å². The molecule has 0 unspecified atom stereocenters. The third kappa shape index (κ3) is 21.1. The zero-order valence-electron chi connectivity index (χ0n) is 22.2. The van der Waals surface area contributed by atoms with E-state index in [-0.39, 0.29) is 42.6 Å². The van der Waals surface area contributed by atoms with Gasteiger partial charge in [-0.2, -0.15) is 8.42 Å². The average Bonchev–Trinajstić information content (AvgIpc) is 2.82. The van der Waals surface area contributed by atoms with Gasteiger partial charge in [0.05, 0.1) is 4.90 Å². The Labute approximate surface area is 248 Å². The Morgan fingerprint density at radius 1 is 0.543 bits per heavy atom. The van der Waals surface area contributed by atoms with Crippen LogP contribution in [0.25, 0.3) is 0 Å². The molecule has 1 N–H and O–H groups in total. The molecule has 3 nitrogen and oxygen atoms in total. The molecular weight excluding hydrogens is 480 g/mol. The molecule has 35 heavy (non-hydrogen) atoms. The minimum absolute atomic E-state index is 0. The second kappa shape index (κ2) is 24.7. The van der Waals surface area contributed by atoms with Crippen molar-refractivity contribution in [1.29, 1.82) is 0 Å². The molecule has 0 atom stereocenters. The van der Waals surface area contributed by atoms with Gasteiger partial charge in [-0.3, -0.25) is 4.55 Å². The Kier molecular flexibility index (Phi) is 25.0. The van der Waals surface area contributed by atoms with Crippen LogP contribution >= 0.6 is 0 Å². The summed E-state index contributed by atoms with van der Waals surface area (Å²) in [6.45, 7) is 2.29. The number of hydrogen-bond donors (Lipinski definition) is 1. The number of aryl methyl sites for hydroxylation is 1. The predicted octanol–water partition coefficient (Wildman–Crippen LogP) is 9.16. The molecular formula is C30H56CaO3S. The van der Waals surface area contributed by atoms with Crippen LogP contribution < -0.4 is 0 Å². The van der Waals surface area contributed by atoms with Crippen LogP contribution in [-0.4, -0.2) is 50.7 Å². The molecule has 0 aromatic heterocycles. The van der Waals surface area contributed by atoms with E-state index in [1.807, 2.05) is 6.07 Å². The van der Waals surface area contributed by atoms with E-state index in [2.05, 4.69) is 6.92 Å². The third-order valence-corrected chi connectivity index (χ3v) is 8.00. The fraction of sp³-hybridized carbons (Fsp3) is 0.800. The quantitative estimate of drug-likeness (QED) is 0.0814. The van der Waals surface area contributed by atoms with Crippen molar-refractivity contribution in [3.63, 3.8) is 0 Å². The van der Waals surface area contributed by atoms with Gasteiger partial charge in [0, 0.05) is 0 Å². The van der Waals surface area contributed by atoms with Gasteiger partial charge >= 0.3 is 37.7 Å². The normalized spacial score (nSPS) is 11.5. The Bertz CT molecular complexity index is 691. The van der Waals surface area contributed by atoms with E-state index in [0.29, 0.717) is 0 Å². The van der Waals surface area contributed by atoms with E-state index >= 15 is 0 Å². The first-order chi connectivity index (χ1) is 16.6. The van der Waals surface area contributed by atoms with Crippen molar-refractivity contribution in [2.75, 3.05) is 0 Å². The molecule has 0 saturated heterocycles. The Morgan fingerprint density at radius 3 is 1.20 bits per heavy atom. The van der Waals surface area contributed by atoms with Gasteiger partial charge in [-0.25, -0.2) is 0 Å². The van der Waals surface area contributed by atoms with Gasteiger partial charge in [0.15, 0.2) is 0 Å². The third-order valence-electron chi connectivity index (χ3n) is 7.05. The minimum atomic E-state index is -4.11. The fourth-order valence-corrected chi connectivity index (χ4v) is 5.64. The summed E-state index contributed by atoms with van der Waals surface area (Å²) in [4.78, 5) is 0.0681. The Hall–Kier alpha value is 0.390. The zero-order chi connectivity index (χ0) is 24.7. The van der Waals surface area contributed by atoms with Crippen LogP contribution in [0.3, 0.4) is 0 Å². The van der Waals surface area contributed by atoms with Crippen molar-refractivity contribution >= 4 is 47.9 Å². The first-order valence-corrected chi connectivity index (χ1v) is 16.0. The van der Waals surface area contributed by atoms with E-state index in [1.165, 1.54) is 134 Å². The second-order valence-electron chi connectivity index (χ2n) is 10.3. The van der Waals surface area contributed by atoms with Crippen molar-refractivity contribution < 1.29 is 13.0 Å². The van der Waals surface area contributed by atoms with Gasteiger partial charge in [-0.1, -0.05) is 160 Å². The Balaban J connectivity index is 0.0000116. The number of rotatable bonds is 24. The fourth-order valence-electron chi connectivity index (χ4n) is 4.89. The van der Waals surface area contributed by atoms with Crippen LogP contribution in [0.5, 0.6) is 0 Å². The maximum atomic E-state index is 11.4. The van der Waals surface area contributed by atoms with Crippen molar-refractivity contribution in [3.05, 3.63) is 29.8 Å². The monoisotopic (exact) mass is 536 g/mol. The van der Waals surface area contributed by atoms with Crippen LogP contribution in [0.4, 0.5) is 0 Å². The molecule has 0 aliphatic carbocycles. The summed E-state index contributed by atoms with van der Waals surface area (Å²) in [6.07, 6.45) is 30.8. The molecule has 0 bridgehead atoms. The molecule has 0 amide bonds. The Morgan fingerprint density at radius 2 is 0.857 bits per heavy atom. The first kappa shape index (κ1) is 35.4. The molecule has 202 valence electrons. The summed E-state index contributed by atoms with van der Waals surface area (Å²) in [5, 5.41) is 0. The van der Waals surface area contributed by atoms with Crippen LogP contribution in [-0.2, 0) is 16.5 Å². The molecule has 0 heterocycles. The molecule has 0 radical (unpaired) electrons. The molecule has 0 fully saturated rings. The summed E-state index contributed by atoms with van der Waals surface area (Å²) in [5.41, 5.74) is 0.734. The van der Waals surface area contributed by atoms with E-state index in [9.17, 15) is 13.0 Å². The summed E-state index contributed by atoms with van der Waals surface area (Å²) in [5.74, 6) is 0. The van der Waals surface area contributed by atoms with Gasteiger partial charge in [-0.15, -0.1) is 0 Å². The summed E-state index contributed by atoms with van der Waals surface area (Å²) >= 11 is 0. The summed E-state index contributed by atoms with van der Waals surface area (Å²) < 4.78 is 32.2. The van der Waals surface area contributed by atoms with E-state index < -0.39 is 10.1 Å². The molecule has 1 aromatic rings. The SMILES string of the molecule is CCCCCCCCCCCCCCCCCCCCCCCCc1ccccc1S(=O)(=O)O.[CaH2]. The van der Waals surface area contributed by atoms with Crippen molar-refractivity contribution in [1.82, 2.24) is 0 Å². The molecule has 1 aromatic carbocycles. The van der Waals surface area contributed by atoms with Crippen molar-refractivity contribution in [2.24, 2.45) is 0 Å². The van der Waals surface area contributed by atoms with Gasteiger partial charge in [0.25, 0.3) is 10.1 Å². The van der Waals surface area contributed by atoms with Crippen molar-refractivity contribution in [3.8, 4) is 0 Å². The second-order valence-corrected chi connectivity index (χ2v) is 11.6. The zero-order valence-corrected chi connectivity index (χ0v) is 23.1. The number of hydrogen-bond acceptors (Lipinski definition) is 2. The number of benzene rings is 1. The first-order valence-electron chi connectivity index (χ1n) is 14.6. The number of unbranched alkanes of at least 4 members (excludes halogenated alkanes) is 21.